The molecule has 9 heteroatoms. The van der Waals surface area contributed by atoms with Gasteiger partial charge in [0.2, 0.25) is 11.6 Å². The van der Waals surface area contributed by atoms with Gasteiger partial charge in [-0.3, -0.25) is 10.1 Å². The van der Waals surface area contributed by atoms with Gasteiger partial charge in [-0.1, -0.05) is 18.2 Å². The van der Waals surface area contributed by atoms with Gasteiger partial charge in [-0.2, -0.15) is 0 Å². The van der Waals surface area contributed by atoms with Crippen molar-refractivity contribution in [1.29, 1.82) is 0 Å². The third-order valence-electron chi connectivity index (χ3n) is 4.66. The summed E-state index contributed by atoms with van der Waals surface area (Å²) in [6, 6.07) is 7.78. The maximum atomic E-state index is 11.8. The summed E-state index contributed by atoms with van der Waals surface area (Å²) in [7, 11) is 0. The summed E-state index contributed by atoms with van der Waals surface area (Å²) in [5, 5.41) is 14.9. The van der Waals surface area contributed by atoms with E-state index >= 15 is 0 Å². The molecule has 2 unspecified atom stereocenters. The Kier molecular flexibility index (Phi) is 6.82. The van der Waals surface area contributed by atoms with Crippen LogP contribution in [0.25, 0.3) is 0 Å². The first-order valence-electron chi connectivity index (χ1n) is 9.84. The summed E-state index contributed by atoms with van der Waals surface area (Å²) in [5.41, 5.74) is 0.932. The molecule has 1 saturated heterocycles. The Morgan fingerprint density at radius 3 is 2.69 bits per heavy atom. The van der Waals surface area contributed by atoms with Crippen LogP contribution in [-0.2, 0) is 11.2 Å². The van der Waals surface area contributed by atoms with Crippen LogP contribution in [0.15, 0.2) is 30.6 Å². The second-order valence-electron chi connectivity index (χ2n) is 7.03. The number of ether oxygens (including phenoxy) is 2. The lowest BCUT2D eigenvalue weighted by molar-refractivity contribution is -0.383. The van der Waals surface area contributed by atoms with E-state index in [9.17, 15) is 10.1 Å². The predicted octanol–water partition coefficient (Wildman–Crippen LogP) is 3.05. The molecule has 156 valence electrons. The van der Waals surface area contributed by atoms with Crippen LogP contribution in [0.5, 0.6) is 5.75 Å². The van der Waals surface area contributed by atoms with Gasteiger partial charge in [0, 0.05) is 19.6 Å². The van der Waals surface area contributed by atoms with E-state index in [-0.39, 0.29) is 23.7 Å². The molecule has 0 bridgehead atoms. The molecule has 0 radical (unpaired) electrons. The van der Waals surface area contributed by atoms with Gasteiger partial charge in [0.1, 0.15) is 12.1 Å². The molecule has 29 heavy (non-hydrogen) atoms. The summed E-state index contributed by atoms with van der Waals surface area (Å²) in [4.78, 5) is 21.7. The Morgan fingerprint density at radius 1 is 1.28 bits per heavy atom. The number of morpholine rings is 1. The zero-order valence-electron chi connectivity index (χ0n) is 17.0. The number of benzene rings is 1. The van der Waals surface area contributed by atoms with Crippen molar-refractivity contribution in [1.82, 2.24) is 9.97 Å². The number of rotatable bonds is 8. The number of hydrogen-bond donors (Lipinski definition) is 1. The van der Waals surface area contributed by atoms with Crippen molar-refractivity contribution in [3.05, 3.63) is 46.3 Å². The fraction of sp³-hybridized carbons (Fsp3) is 0.500. The molecular formula is C20H27N5O4. The normalized spacial score (nSPS) is 19.1. The number of aromatic nitrogens is 2. The van der Waals surface area contributed by atoms with Gasteiger partial charge in [-0.15, -0.1) is 0 Å². The maximum Gasteiger partial charge on any atom is 0.353 e. The molecule has 2 atom stereocenters. The van der Waals surface area contributed by atoms with Crippen molar-refractivity contribution >= 4 is 17.3 Å². The molecule has 3 rings (SSSR count). The molecule has 0 aliphatic carbocycles. The largest absolute Gasteiger partial charge is 0.494 e. The van der Waals surface area contributed by atoms with Crippen molar-refractivity contribution in [3.63, 3.8) is 0 Å². The maximum absolute atomic E-state index is 11.8. The second-order valence-corrected chi connectivity index (χ2v) is 7.03. The highest BCUT2D eigenvalue weighted by Gasteiger charge is 2.31. The van der Waals surface area contributed by atoms with E-state index in [2.05, 4.69) is 15.3 Å². The zero-order valence-corrected chi connectivity index (χ0v) is 17.0. The van der Waals surface area contributed by atoms with E-state index in [4.69, 9.17) is 9.47 Å². The van der Waals surface area contributed by atoms with E-state index < -0.39 is 4.92 Å². The minimum Gasteiger partial charge on any atom is -0.494 e. The van der Waals surface area contributed by atoms with Gasteiger partial charge < -0.3 is 19.7 Å². The number of anilines is 2. The van der Waals surface area contributed by atoms with Crippen LogP contribution in [-0.4, -0.2) is 53.3 Å². The van der Waals surface area contributed by atoms with E-state index in [1.807, 2.05) is 49.9 Å². The Morgan fingerprint density at radius 2 is 2.00 bits per heavy atom. The smallest absolute Gasteiger partial charge is 0.353 e. The quantitative estimate of drug-likeness (QED) is 0.532. The highest BCUT2D eigenvalue weighted by atomic mass is 16.6. The summed E-state index contributed by atoms with van der Waals surface area (Å²) >= 11 is 0. The number of hydrogen-bond acceptors (Lipinski definition) is 8. The number of nitrogens with one attached hydrogen (secondary N) is 1. The third kappa shape index (κ3) is 5.11. The van der Waals surface area contributed by atoms with E-state index in [1.54, 1.807) is 0 Å². The molecule has 2 aromatic rings. The highest BCUT2D eigenvalue weighted by Crippen LogP contribution is 2.33. The Bertz CT molecular complexity index is 837. The number of para-hydroxylation sites is 1. The van der Waals surface area contributed by atoms with E-state index in [1.165, 1.54) is 6.33 Å². The Hall–Kier alpha value is -2.94. The monoisotopic (exact) mass is 401 g/mol. The summed E-state index contributed by atoms with van der Waals surface area (Å²) in [6.07, 6.45) is 1.96. The fourth-order valence-corrected chi connectivity index (χ4v) is 3.57. The zero-order chi connectivity index (χ0) is 20.8. The molecule has 1 aromatic heterocycles. The molecule has 0 saturated carbocycles. The summed E-state index contributed by atoms with van der Waals surface area (Å²) in [5.74, 6) is 1.37. The predicted molar refractivity (Wildman–Crippen MR) is 111 cm³/mol. The van der Waals surface area contributed by atoms with Crippen LogP contribution < -0.4 is 15.0 Å². The van der Waals surface area contributed by atoms with Crippen LogP contribution in [0.3, 0.4) is 0 Å². The molecule has 0 spiro atoms. The first-order chi connectivity index (χ1) is 14.0. The van der Waals surface area contributed by atoms with Gasteiger partial charge in [0.15, 0.2) is 0 Å². The van der Waals surface area contributed by atoms with E-state index in [0.29, 0.717) is 38.5 Å². The molecule has 1 aliphatic heterocycles. The second kappa shape index (κ2) is 9.51. The molecule has 1 aliphatic rings. The lowest BCUT2D eigenvalue weighted by atomic mass is 10.1. The SMILES string of the molecule is CCOc1ccccc1CCNc1ncnc(N2CC(C)OC(C)C2)c1[N+](=O)[O-]. The van der Waals surface area contributed by atoms with Crippen LogP contribution in [0, 0.1) is 10.1 Å². The standard InChI is InChI=1S/C20H27N5O4/c1-4-28-17-8-6-5-7-16(17)9-10-21-19-18(25(26)27)20(23-13-22-19)24-11-14(2)29-15(3)12-24/h5-8,13-15H,4,9-12H2,1-3H3,(H,21,22,23). The van der Waals surface area contributed by atoms with Gasteiger partial charge in [-0.25, -0.2) is 9.97 Å². The Labute approximate surface area is 170 Å². The molecule has 9 nitrogen and oxygen atoms in total. The summed E-state index contributed by atoms with van der Waals surface area (Å²) < 4.78 is 11.4. The first-order valence-corrected chi connectivity index (χ1v) is 9.84. The minimum atomic E-state index is -0.420. The molecule has 1 aromatic carbocycles. The highest BCUT2D eigenvalue weighted by molar-refractivity contribution is 5.70. The fourth-order valence-electron chi connectivity index (χ4n) is 3.57. The van der Waals surface area contributed by atoms with Crippen molar-refractivity contribution in [2.24, 2.45) is 0 Å². The third-order valence-corrected chi connectivity index (χ3v) is 4.66. The molecular weight excluding hydrogens is 374 g/mol. The molecule has 1 N–H and O–H groups in total. The molecule has 0 amide bonds. The first kappa shape index (κ1) is 20.8. The lowest BCUT2D eigenvalue weighted by Gasteiger charge is -2.35. The van der Waals surface area contributed by atoms with Crippen LogP contribution >= 0.6 is 0 Å². The molecule has 2 heterocycles. The average Bonchev–Trinajstić information content (AvgIpc) is 2.68. The number of nitrogens with zero attached hydrogens (tertiary/aromatic N) is 4. The van der Waals surface area contributed by atoms with E-state index in [0.717, 1.165) is 11.3 Å². The van der Waals surface area contributed by atoms with Crippen molar-refractivity contribution in [2.75, 3.05) is 36.5 Å². The van der Waals surface area contributed by atoms with Crippen LogP contribution in [0.4, 0.5) is 17.3 Å². The van der Waals surface area contributed by atoms with Crippen molar-refractivity contribution in [2.45, 2.75) is 39.4 Å². The van der Waals surface area contributed by atoms with Gasteiger partial charge >= 0.3 is 5.69 Å². The number of nitro groups is 1. The van der Waals surface area contributed by atoms with Gasteiger partial charge in [-0.05, 0) is 38.8 Å². The van der Waals surface area contributed by atoms with Crippen LogP contribution in [0.2, 0.25) is 0 Å². The lowest BCUT2D eigenvalue weighted by Crippen LogP contribution is -2.46. The Balaban J connectivity index is 1.77. The molecule has 1 fully saturated rings. The van der Waals surface area contributed by atoms with Gasteiger partial charge in [0.25, 0.3) is 0 Å². The minimum absolute atomic E-state index is 0.0280. The van der Waals surface area contributed by atoms with Crippen molar-refractivity contribution < 1.29 is 14.4 Å². The van der Waals surface area contributed by atoms with Crippen molar-refractivity contribution in [3.8, 4) is 5.75 Å². The topological polar surface area (TPSA) is 103 Å². The van der Waals surface area contributed by atoms with Gasteiger partial charge in [0.05, 0.1) is 23.7 Å². The van der Waals surface area contributed by atoms with Crippen LogP contribution in [0.1, 0.15) is 26.3 Å². The summed E-state index contributed by atoms with van der Waals surface area (Å²) in [6.45, 7) is 8.00. The average molecular weight is 401 g/mol.